The molecular weight excluding hydrogens is 385 g/mol. The third-order valence-electron chi connectivity index (χ3n) is 4.61. The molecule has 4 nitrogen and oxygen atoms in total. The maximum Gasteiger partial charge on any atom is 0.425 e. The summed E-state index contributed by atoms with van der Waals surface area (Å²) in [5.74, 6) is -0.166. The summed E-state index contributed by atoms with van der Waals surface area (Å²) in [4.78, 5) is 11.7. The average Bonchev–Trinajstić information content (AvgIpc) is 2.87. The van der Waals surface area contributed by atoms with Crippen LogP contribution in [0.2, 0.25) is 0 Å². The lowest BCUT2D eigenvalue weighted by atomic mass is 9.91. The molecule has 0 aromatic heterocycles. The van der Waals surface area contributed by atoms with Crippen molar-refractivity contribution in [1.29, 1.82) is 0 Å². The second kappa shape index (κ2) is 7.37. The molecule has 0 amide bonds. The molecule has 1 unspecified atom stereocenters. The van der Waals surface area contributed by atoms with Crippen molar-refractivity contribution in [3.63, 3.8) is 0 Å². The molecule has 1 aliphatic rings. The first-order chi connectivity index (χ1) is 13.4. The fourth-order valence-electron chi connectivity index (χ4n) is 3.43. The van der Waals surface area contributed by atoms with Crippen molar-refractivity contribution in [1.82, 2.24) is 0 Å². The number of hydrogen-bond donors (Lipinski definition) is 1. The third kappa shape index (κ3) is 4.10. The van der Waals surface area contributed by atoms with Gasteiger partial charge in [-0.3, -0.25) is 4.79 Å². The van der Waals surface area contributed by atoms with Crippen molar-refractivity contribution >= 4 is 5.97 Å². The number of hydrogen-bond acceptors (Lipinski definition) is 4. The largest absolute Gasteiger partial charge is 0.494 e. The second-order valence-electron chi connectivity index (χ2n) is 8.00. The molecule has 0 fully saturated rings. The van der Waals surface area contributed by atoms with Gasteiger partial charge in [0.2, 0.25) is 5.60 Å². The first kappa shape index (κ1) is 21.2. The van der Waals surface area contributed by atoms with Gasteiger partial charge < -0.3 is 14.6 Å². The molecule has 0 saturated heterocycles. The Balaban J connectivity index is 1.75. The molecule has 0 aliphatic heterocycles. The molecule has 29 heavy (non-hydrogen) atoms. The predicted molar refractivity (Wildman–Crippen MR) is 102 cm³/mol. The Kier molecular flexibility index (Phi) is 5.38. The molecule has 1 N–H and O–H groups in total. The Morgan fingerprint density at radius 2 is 1.69 bits per heavy atom. The highest BCUT2D eigenvalue weighted by atomic mass is 19.4. The van der Waals surface area contributed by atoms with E-state index in [-0.39, 0.29) is 35.9 Å². The van der Waals surface area contributed by atoms with E-state index in [1.165, 1.54) is 24.3 Å². The molecule has 1 aliphatic carbocycles. The number of halogens is 3. The van der Waals surface area contributed by atoms with E-state index in [1.807, 2.05) is 0 Å². The normalized spacial score (nSPS) is 18.2. The summed E-state index contributed by atoms with van der Waals surface area (Å²) in [5, 5.41) is 10.7. The molecule has 0 saturated carbocycles. The van der Waals surface area contributed by atoms with Crippen LogP contribution in [0.25, 0.3) is 11.1 Å². The summed E-state index contributed by atoms with van der Waals surface area (Å²) >= 11 is 0. The van der Waals surface area contributed by atoms with E-state index in [1.54, 1.807) is 39.0 Å². The minimum Gasteiger partial charge on any atom is -0.494 e. The monoisotopic (exact) mass is 408 g/mol. The first-order valence-electron chi connectivity index (χ1n) is 9.31. The van der Waals surface area contributed by atoms with Crippen LogP contribution in [0.4, 0.5) is 13.2 Å². The molecule has 7 heteroatoms. The highest BCUT2D eigenvalue weighted by molar-refractivity contribution is 5.81. The smallest absolute Gasteiger partial charge is 0.425 e. The lowest BCUT2D eigenvalue weighted by molar-refractivity contribution is -0.246. The van der Waals surface area contributed by atoms with Gasteiger partial charge in [0.1, 0.15) is 11.4 Å². The van der Waals surface area contributed by atoms with E-state index >= 15 is 0 Å². The van der Waals surface area contributed by atoms with Crippen molar-refractivity contribution in [2.45, 2.75) is 51.0 Å². The molecule has 0 bridgehead atoms. The van der Waals surface area contributed by atoms with Crippen LogP contribution in [0.1, 0.15) is 44.7 Å². The van der Waals surface area contributed by atoms with Crippen LogP contribution in [-0.4, -0.2) is 29.5 Å². The minimum atomic E-state index is -4.89. The molecule has 0 spiro atoms. The Hall–Kier alpha value is -2.54. The Morgan fingerprint density at radius 3 is 2.34 bits per heavy atom. The SMILES string of the molecule is CC(C)(C)OC(=O)CCCOc1ccc2c(c1)C(O)(C(F)(F)F)c1ccccc1-2. The van der Waals surface area contributed by atoms with Gasteiger partial charge in [-0.2, -0.15) is 13.2 Å². The van der Waals surface area contributed by atoms with Crippen molar-refractivity contribution in [2.75, 3.05) is 6.61 Å². The number of benzene rings is 2. The zero-order valence-electron chi connectivity index (χ0n) is 16.5. The predicted octanol–water partition coefficient (Wildman–Crippen LogP) is 4.97. The van der Waals surface area contributed by atoms with Gasteiger partial charge in [0.15, 0.2) is 0 Å². The van der Waals surface area contributed by atoms with Crippen LogP contribution >= 0.6 is 0 Å². The highest BCUT2D eigenvalue weighted by Gasteiger charge is 2.60. The van der Waals surface area contributed by atoms with E-state index in [4.69, 9.17) is 9.47 Å². The van der Waals surface area contributed by atoms with Crippen LogP contribution in [0.5, 0.6) is 5.75 Å². The quantitative estimate of drug-likeness (QED) is 0.561. The molecule has 2 aromatic carbocycles. The van der Waals surface area contributed by atoms with E-state index in [9.17, 15) is 23.1 Å². The molecule has 1 atom stereocenters. The van der Waals surface area contributed by atoms with E-state index < -0.39 is 17.4 Å². The molecule has 0 radical (unpaired) electrons. The van der Waals surface area contributed by atoms with Crippen molar-refractivity contribution in [2.24, 2.45) is 0 Å². The van der Waals surface area contributed by atoms with Crippen LogP contribution in [0.15, 0.2) is 42.5 Å². The Morgan fingerprint density at radius 1 is 1.03 bits per heavy atom. The standard InChI is InChI=1S/C22H23F3O4/c1-20(2,3)29-19(26)9-6-12-28-14-10-11-16-15-7-4-5-8-17(15)21(27,18(16)13-14)22(23,24)25/h4-5,7-8,10-11,13,27H,6,9,12H2,1-3H3. The fraction of sp³-hybridized carbons (Fsp3) is 0.409. The Labute approximate surface area is 167 Å². The van der Waals surface area contributed by atoms with E-state index in [0.717, 1.165) is 0 Å². The zero-order valence-corrected chi connectivity index (χ0v) is 16.5. The number of carbonyl (C=O) groups excluding carboxylic acids is 1. The maximum absolute atomic E-state index is 13.8. The van der Waals surface area contributed by atoms with Crippen LogP contribution in [0.3, 0.4) is 0 Å². The van der Waals surface area contributed by atoms with Crippen molar-refractivity contribution < 1.29 is 32.5 Å². The lowest BCUT2D eigenvalue weighted by Gasteiger charge is -2.28. The number of fused-ring (bicyclic) bond motifs is 3. The fourth-order valence-corrected chi connectivity index (χ4v) is 3.43. The first-order valence-corrected chi connectivity index (χ1v) is 9.31. The molecule has 3 rings (SSSR count). The van der Waals surface area contributed by atoms with Gasteiger partial charge >= 0.3 is 12.1 Å². The highest BCUT2D eigenvalue weighted by Crippen LogP contribution is 2.55. The molecule has 2 aromatic rings. The van der Waals surface area contributed by atoms with Gasteiger partial charge in [-0.25, -0.2) is 0 Å². The number of rotatable bonds is 5. The summed E-state index contributed by atoms with van der Waals surface area (Å²) < 4.78 is 52.2. The summed E-state index contributed by atoms with van der Waals surface area (Å²) in [6, 6.07) is 10.2. The molecule has 156 valence electrons. The van der Waals surface area contributed by atoms with Gasteiger partial charge in [-0.05, 0) is 50.5 Å². The second-order valence-corrected chi connectivity index (χ2v) is 8.00. The number of esters is 1. The van der Waals surface area contributed by atoms with Crippen molar-refractivity contribution in [3.8, 4) is 16.9 Å². The van der Waals surface area contributed by atoms with Gasteiger partial charge in [0.05, 0.1) is 6.61 Å². The molecule has 0 heterocycles. The third-order valence-corrected chi connectivity index (χ3v) is 4.61. The summed E-state index contributed by atoms with van der Waals surface area (Å²) in [7, 11) is 0. The number of ether oxygens (including phenoxy) is 2. The number of aliphatic hydroxyl groups is 1. The number of carbonyl (C=O) groups is 1. The van der Waals surface area contributed by atoms with Crippen LogP contribution < -0.4 is 4.74 Å². The average molecular weight is 408 g/mol. The summed E-state index contributed by atoms with van der Waals surface area (Å²) in [5.41, 5.74) is -3.44. The van der Waals surface area contributed by atoms with E-state index in [2.05, 4.69) is 0 Å². The van der Waals surface area contributed by atoms with Gasteiger partial charge in [0, 0.05) is 17.5 Å². The van der Waals surface area contributed by atoms with Gasteiger partial charge in [0.25, 0.3) is 0 Å². The number of alkyl halides is 3. The Bertz CT molecular complexity index is 915. The minimum absolute atomic E-state index is 0.134. The lowest BCUT2D eigenvalue weighted by Crippen LogP contribution is -2.41. The van der Waals surface area contributed by atoms with Crippen molar-refractivity contribution in [3.05, 3.63) is 53.6 Å². The topological polar surface area (TPSA) is 55.8 Å². The van der Waals surface area contributed by atoms with Crippen LogP contribution in [0, 0.1) is 0 Å². The maximum atomic E-state index is 13.8. The zero-order chi connectivity index (χ0) is 21.4. The summed E-state index contributed by atoms with van der Waals surface area (Å²) in [6.45, 7) is 5.44. The van der Waals surface area contributed by atoms with Gasteiger partial charge in [-0.15, -0.1) is 0 Å². The van der Waals surface area contributed by atoms with Crippen LogP contribution in [-0.2, 0) is 15.1 Å². The van der Waals surface area contributed by atoms with E-state index in [0.29, 0.717) is 17.5 Å². The summed E-state index contributed by atoms with van der Waals surface area (Å²) in [6.07, 6.45) is -4.39. The molecular formula is C22H23F3O4. The van der Waals surface area contributed by atoms with Gasteiger partial charge in [-0.1, -0.05) is 30.3 Å².